The van der Waals surface area contributed by atoms with Gasteiger partial charge in [0.2, 0.25) is 5.91 Å². The zero-order valence-corrected chi connectivity index (χ0v) is 22.9. The van der Waals surface area contributed by atoms with Crippen LogP contribution < -0.4 is 9.64 Å². The van der Waals surface area contributed by atoms with E-state index < -0.39 is 17.7 Å². The van der Waals surface area contributed by atoms with Crippen LogP contribution in [0, 0.1) is 23.5 Å². The van der Waals surface area contributed by atoms with Gasteiger partial charge in [0.05, 0.1) is 12.6 Å². The van der Waals surface area contributed by atoms with Crippen LogP contribution in [0.15, 0.2) is 65.9 Å². The second-order valence-electron chi connectivity index (χ2n) is 11.0. The highest BCUT2D eigenvalue weighted by atomic mass is 19.1. The molecule has 0 N–H and O–H groups in total. The number of benzene rings is 2. The van der Waals surface area contributed by atoms with Crippen molar-refractivity contribution in [2.45, 2.75) is 38.1 Å². The zero-order valence-electron chi connectivity index (χ0n) is 22.9. The lowest BCUT2D eigenvalue weighted by molar-refractivity contribution is -0.138. The maximum Gasteiger partial charge on any atom is 0.246 e. The number of piperidine rings is 1. The van der Waals surface area contributed by atoms with E-state index in [2.05, 4.69) is 33.2 Å². The van der Waals surface area contributed by atoms with E-state index in [0.717, 1.165) is 54.8 Å². The summed E-state index contributed by atoms with van der Waals surface area (Å²) >= 11 is 0. The monoisotopic (exact) mass is 560 g/mol. The number of hydrogen-bond donors (Lipinski definition) is 0. The number of pyridine rings is 1. The minimum Gasteiger partial charge on any atom is -0.493 e. The number of rotatable bonds is 7. The third-order valence-corrected chi connectivity index (χ3v) is 8.23. The fourth-order valence-corrected chi connectivity index (χ4v) is 5.88. The van der Waals surface area contributed by atoms with Gasteiger partial charge in [0, 0.05) is 57.1 Å². The average Bonchev–Trinajstić information content (AvgIpc) is 3.50. The lowest BCUT2D eigenvalue weighted by atomic mass is 9.94. The first-order valence-electron chi connectivity index (χ1n) is 14.4. The SMILES string of the molecule is O=C(C1CCN(c2cc(-c3cccc(OCC4CCOCC4)c3)ccn2)CC1)N1N=CCC1c1cc(F)cc(F)c1. The Morgan fingerprint density at radius 1 is 0.951 bits per heavy atom. The summed E-state index contributed by atoms with van der Waals surface area (Å²) in [5, 5.41) is 5.68. The van der Waals surface area contributed by atoms with Crippen LogP contribution in [0.1, 0.15) is 43.7 Å². The normalized spacial score (nSPS) is 20.0. The molecule has 0 radical (unpaired) electrons. The molecular formula is C32H34F2N4O3. The Bertz CT molecular complexity index is 1380. The molecule has 1 amide bonds. The van der Waals surface area contributed by atoms with Gasteiger partial charge in [-0.15, -0.1) is 0 Å². The van der Waals surface area contributed by atoms with Crippen molar-refractivity contribution in [2.75, 3.05) is 37.8 Å². The van der Waals surface area contributed by atoms with Gasteiger partial charge in [-0.3, -0.25) is 4.79 Å². The summed E-state index contributed by atoms with van der Waals surface area (Å²) < 4.78 is 39.2. The van der Waals surface area contributed by atoms with Crippen LogP contribution in [0.3, 0.4) is 0 Å². The highest BCUT2D eigenvalue weighted by Gasteiger charge is 2.35. The Morgan fingerprint density at radius 3 is 2.49 bits per heavy atom. The highest BCUT2D eigenvalue weighted by molar-refractivity contribution is 5.82. The molecule has 2 fully saturated rings. The molecule has 0 aliphatic carbocycles. The predicted octanol–water partition coefficient (Wildman–Crippen LogP) is 6.01. The molecule has 2 aromatic carbocycles. The van der Waals surface area contributed by atoms with Gasteiger partial charge in [0.1, 0.15) is 23.2 Å². The van der Waals surface area contributed by atoms with E-state index in [0.29, 0.717) is 50.4 Å². The largest absolute Gasteiger partial charge is 0.493 e. The third kappa shape index (κ3) is 6.40. The summed E-state index contributed by atoms with van der Waals surface area (Å²) in [6.45, 7) is 3.67. The van der Waals surface area contributed by atoms with E-state index in [1.54, 1.807) is 6.21 Å². The Morgan fingerprint density at radius 2 is 1.71 bits per heavy atom. The topological polar surface area (TPSA) is 67.3 Å². The molecule has 0 saturated carbocycles. The molecule has 1 aromatic heterocycles. The summed E-state index contributed by atoms with van der Waals surface area (Å²) in [4.78, 5) is 20.2. The quantitative estimate of drug-likeness (QED) is 0.354. The van der Waals surface area contributed by atoms with Crippen molar-refractivity contribution in [3.63, 3.8) is 0 Å². The van der Waals surface area contributed by atoms with Crippen LogP contribution >= 0.6 is 0 Å². The summed E-state index contributed by atoms with van der Waals surface area (Å²) in [7, 11) is 0. The van der Waals surface area contributed by atoms with Gasteiger partial charge < -0.3 is 14.4 Å². The van der Waals surface area contributed by atoms with Crippen molar-refractivity contribution < 1.29 is 23.0 Å². The Hall–Kier alpha value is -3.85. The third-order valence-electron chi connectivity index (χ3n) is 8.23. The predicted molar refractivity (Wildman–Crippen MR) is 153 cm³/mol. The van der Waals surface area contributed by atoms with E-state index in [9.17, 15) is 13.6 Å². The minimum atomic E-state index is -0.656. The summed E-state index contributed by atoms with van der Waals surface area (Å²) in [5.74, 6) is 0.627. The molecule has 3 aromatic rings. The molecule has 1 atom stereocenters. The van der Waals surface area contributed by atoms with Gasteiger partial charge in [-0.2, -0.15) is 5.10 Å². The Kier molecular flexibility index (Phi) is 8.23. The van der Waals surface area contributed by atoms with Gasteiger partial charge in [0.25, 0.3) is 0 Å². The Labute approximate surface area is 238 Å². The molecule has 7 nitrogen and oxygen atoms in total. The van der Waals surface area contributed by atoms with Crippen molar-refractivity contribution in [1.82, 2.24) is 9.99 Å². The van der Waals surface area contributed by atoms with Crippen LogP contribution in [0.4, 0.5) is 14.6 Å². The standard InChI is InChI=1S/C32H34F2N4O3/c33-27-16-26(17-28(34)20-27)30-5-11-36-38(30)32(39)23-6-12-37(13-7-23)31-19-25(4-10-35-31)24-2-1-3-29(18-24)41-21-22-8-14-40-15-9-22/h1-4,10-11,16-20,22-23,30H,5-9,12-15,21H2. The van der Waals surface area contributed by atoms with Gasteiger partial charge in [-0.25, -0.2) is 18.8 Å². The molecule has 6 rings (SSSR count). The number of anilines is 1. The first-order valence-corrected chi connectivity index (χ1v) is 14.4. The molecule has 214 valence electrons. The summed E-state index contributed by atoms with van der Waals surface area (Å²) in [6, 6.07) is 15.1. The molecular weight excluding hydrogens is 526 g/mol. The lowest BCUT2D eigenvalue weighted by Gasteiger charge is -2.34. The molecule has 4 heterocycles. The number of carbonyl (C=O) groups excluding carboxylic acids is 1. The van der Waals surface area contributed by atoms with E-state index in [4.69, 9.17) is 9.47 Å². The fraction of sp³-hybridized carbons (Fsp3) is 0.406. The molecule has 9 heteroatoms. The number of ether oxygens (including phenoxy) is 2. The van der Waals surface area contributed by atoms with E-state index in [1.165, 1.54) is 17.1 Å². The van der Waals surface area contributed by atoms with Crippen molar-refractivity contribution in [2.24, 2.45) is 16.9 Å². The number of halogens is 2. The van der Waals surface area contributed by atoms with Crippen molar-refractivity contribution in [3.8, 4) is 16.9 Å². The van der Waals surface area contributed by atoms with Gasteiger partial charge in [-0.1, -0.05) is 12.1 Å². The molecule has 0 bridgehead atoms. The van der Waals surface area contributed by atoms with Crippen LogP contribution in [0.5, 0.6) is 5.75 Å². The van der Waals surface area contributed by atoms with Crippen LogP contribution in [0.25, 0.3) is 11.1 Å². The molecule has 1 unspecified atom stereocenters. The van der Waals surface area contributed by atoms with Crippen molar-refractivity contribution in [1.29, 1.82) is 0 Å². The van der Waals surface area contributed by atoms with E-state index >= 15 is 0 Å². The maximum atomic E-state index is 13.8. The van der Waals surface area contributed by atoms with Gasteiger partial charge in [-0.05, 0) is 84.7 Å². The summed E-state index contributed by atoms with van der Waals surface area (Å²) in [5.41, 5.74) is 2.54. The molecule has 3 aliphatic rings. The second-order valence-corrected chi connectivity index (χ2v) is 11.0. The number of amides is 1. The smallest absolute Gasteiger partial charge is 0.246 e. The minimum absolute atomic E-state index is 0.104. The average molecular weight is 561 g/mol. The fourth-order valence-electron chi connectivity index (χ4n) is 5.88. The number of hydrogen-bond acceptors (Lipinski definition) is 6. The van der Waals surface area contributed by atoms with Crippen molar-refractivity contribution >= 4 is 17.9 Å². The van der Waals surface area contributed by atoms with Gasteiger partial charge in [0.15, 0.2) is 0 Å². The van der Waals surface area contributed by atoms with Crippen LogP contribution in [-0.2, 0) is 9.53 Å². The second kappa shape index (κ2) is 12.3. The van der Waals surface area contributed by atoms with E-state index in [-0.39, 0.29) is 11.8 Å². The van der Waals surface area contributed by atoms with Gasteiger partial charge >= 0.3 is 0 Å². The zero-order chi connectivity index (χ0) is 28.2. The number of nitrogens with zero attached hydrogens (tertiary/aromatic N) is 4. The number of aromatic nitrogens is 1. The Balaban J connectivity index is 1.07. The number of carbonyl (C=O) groups is 1. The van der Waals surface area contributed by atoms with E-state index in [1.807, 2.05) is 24.4 Å². The molecule has 0 spiro atoms. The number of hydrazone groups is 1. The first-order chi connectivity index (χ1) is 20.0. The highest BCUT2D eigenvalue weighted by Crippen LogP contribution is 2.34. The molecule has 2 saturated heterocycles. The summed E-state index contributed by atoms with van der Waals surface area (Å²) in [6.07, 6.45) is 7.27. The van der Waals surface area contributed by atoms with Crippen molar-refractivity contribution in [3.05, 3.63) is 78.0 Å². The van der Waals surface area contributed by atoms with Crippen LogP contribution in [0.2, 0.25) is 0 Å². The first kappa shape index (κ1) is 27.3. The molecule has 3 aliphatic heterocycles. The maximum absolute atomic E-state index is 13.8. The molecule has 41 heavy (non-hydrogen) atoms. The lowest BCUT2D eigenvalue weighted by Crippen LogP contribution is -2.41. The van der Waals surface area contributed by atoms with Crippen LogP contribution in [-0.4, -0.2) is 55.0 Å².